The minimum Gasteiger partial charge on any atom is -0.337 e. The Balaban J connectivity index is 2.00. The zero-order chi connectivity index (χ0) is 12.8. The predicted octanol–water partition coefficient (Wildman–Crippen LogP) is 2.52. The molecule has 0 radical (unpaired) electrons. The van der Waals surface area contributed by atoms with E-state index in [1.807, 2.05) is 6.92 Å². The van der Waals surface area contributed by atoms with Crippen molar-refractivity contribution < 1.29 is 8.91 Å². The minimum absolute atomic E-state index is 0.312. The van der Waals surface area contributed by atoms with Gasteiger partial charge < -0.3 is 10.3 Å². The summed E-state index contributed by atoms with van der Waals surface area (Å²) in [5.41, 5.74) is 7.19. The summed E-state index contributed by atoms with van der Waals surface area (Å²) in [5.74, 6) is 0.541. The highest BCUT2D eigenvalue weighted by molar-refractivity contribution is 5.59. The molecule has 1 heterocycles. The van der Waals surface area contributed by atoms with Crippen molar-refractivity contribution >= 4 is 0 Å². The van der Waals surface area contributed by atoms with Gasteiger partial charge >= 0.3 is 0 Å². The first kappa shape index (κ1) is 11.3. The van der Waals surface area contributed by atoms with E-state index in [4.69, 9.17) is 10.3 Å². The summed E-state index contributed by atoms with van der Waals surface area (Å²) >= 11 is 0. The normalized spacial score (nSPS) is 17.5. The van der Waals surface area contributed by atoms with Crippen LogP contribution >= 0.6 is 0 Å². The third-order valence-corrected chi connectivity index (χ3v) is 3.54. The first-order valence-corrected chi connectivity index (χ1v) is 5.98. The number of rotatable bonds is 2. The molecule has 94 valence electrons. The molecule has 5 heteroatoms. The van der Waals surface area contributed by atoms with Crippen molar-refractivity contribution in [3.05, 3.63) is 35.5 Å². The van der Waals surface area contributed by atoms with Crippen molar-refractivity contribution in [1.82, 2.24) is 10.1 Å². The van der Waals surface area contributed by atoms with E-state index in [-0.39, 0.29) is 5.82 Å². The maximum absolute atomic E-state index is 13.2. The lowest BCUT2D eigenvalue weighted by atomic mass is 9.78. The van der Waals surface area contributed by atoms with Crippen LogP contribution in [0.2, 0.25) is 0 Å². The Morgan fingerprint density at radius 2 is 2.17 bits per heavy atom. The number of nitrogens with two attached hydrogens (primary N) is 1. The number of aromatic nitrogens is 2. The molecule has 1 fully saturated rings. The van der Waals surface area contributed by atoms with Gasteiger partial charge in [-0.1, -0.05) is 11.2 Å². The van der Waals surface area contributed by atoms with Gasteiger partial charge in [-0.15, -0.1) is 0 Å². The molecular weight excluding hydrogens is 233 g/mol. The molecule has 1 aliphatic rings. The van der Waals surface area contributed by atoms with E-state index < -0.39 is 5.54 Å². The molecule has 0 atom stereocenters. The number of nitrogens with zero attached hydrogens (tertiary/aromatic N) is 2. The average Bonchev–Trinajstić information content (AvgIpc) is 2.79. The van der Waals surface area contributed by atoms with Gasteiger partial charge in [0.15, 0.2) is 0 Å². The summed E-state index contributed by atoms with van der Waals surface area (Å²) in [5, 5.41) is 3.90. The zero-order valence-corrected chi connectivity index (χ0v) is 10.1. The van der Waals surface area contributed by atoms with Crippen LogP contribution in [0.1, 0.15) is 30.7 Å². The van der Waals surface area contributed by atoms with Crippen LogP contribution in [0.25, 0.3) is 11.4 Å². The second kappa shape index (κ2) is 3.88. The van der Waals surface area contributed by atoms with E-state index in [9.17, 15) is 4.39 Å². The van der Waals surface area contributed by atoms with Crippen LogP contribution in [0.5, 0.6) is 0 Å². The van der Waals surface area contributed by atoms with E-state index in [1.54, 1.807) is 6.07 Å². The maximum atomic E-state index is 13.2. The Bertz CT molecular complexity index is 590. The molecule has 0 saturated heterocycles. The molecule has 0 aliphatic heterocycles. The monoisotopic (exact) mass is 247 g/mol. The van der Waals surface area contributed by atoms with Gasteiger partial charge in [0.2, 0.25) is 11.7 Å². The van der Waals surface area contributed by atoms with Gasteiger partial charge in [0, 0.05) is 5.56 Å². The molecule has 0 unspecified atom stereocenters. The Labute approximate surface area is 104 Å². The Morgan fingerprint density at radius 3 is 2.83 bits per heavy atom. The van der Waals surface area contributed by atoms with E-state index >= 15 is 0 Å². The lowest BCUT2D eigenvalue weighted by molar-refractivity contribution is 0.181. The topological polar surface area (TPSA) is 64.9 Å². The van der Waals surface area contributed by atoms with Crippen molar-refractivity contribution in [2.24, 2.45) is 5.73 Å². The molecule has 2 aromatic rings. The highest BCUT2D eigenvalue weighted by Crippen LogP contribution is 2.38. The summed E-state index contributed by atoms with van der Waals surface area (Å²) in [6.45, 7) is 1.88. The van der Waals surface area contributed by atoms with Crippen LogP contribution in [0, 0.1) is 12.7 Å². The van der Waals surface area contributed by atoms with Gasteiger partial charge in [-0.2, -0.15) is 4.98 Å². The Hall–Kier alpha value is -1.75. The molecule has 0 bridgehead atoms. The molecule has 4 nitrogen and oxygen atoms in total. The molecule has 2 N–H and O–H groups in total. The van der Waals surface area contributed by atoms with Gasteiger partial charge in [0.05, 0.1) is 5.54 Å². The molecule has 3 rings (SSSR count). The van der Waals surface area contributed by atoms with Gasteiger partial charge in [-0.25, -0.2) is 4.39 Å². The number of benzene rings is 1. The van der Waals surface area contributed by atoms with E-state index in [2.05, 4.69) is 10.1 Å². The average molecular weight is 247 g/mol. The number of aryl methyl sites for hydroxylation is 1. The van der Waals surface area contributed by atoms with E-state index in [0.717, 1.165) is 24.8 Å². The van der Waals surface area contributed by atoms with Crippen molar-refractivity contribution in [3.8, 4) is 11.4 Å². The summed E-state index contributed by atoms with van der Waals surface area (Å²) in [6.07, 6.45) is 2.79. The molecule has 0 amide bonds. The largest absolute Gasteiger partial charge is 0.337 e. The first-order valence-electron chi connectivity index (χ1n) is 5.98. The van der Waals surface area contributed by atoms with E-state index in [0.29, 0.717) is 17.3 Å². The molecule has 1 aromatic heterocycles. The second-order valence-electron chi connectivity index (χ2n) is 4.89. The highest BCUT2D eigenvalue weighted by atomic mass is 19.1. The maximum Gasteiger partial charge on any atom is 0.247 e. The second-order valence-corrected chi connectivity index (χ2v) is 4.89. The fourth-order valence-corrected chi connectivity index (χ4v) is 2.14. The third-order valence-electron chi connectivity index (χ3n) is 3.54. The lowest BCUT2D eigenvalue weighted by Gasteiger charge is -2.33. The van der Waals surface area contributed by atoms with Crippen LogP contribution in [-0.4, -0.2) is 10.1 Å². The molecule has 1 aromatic carbocycles. The highest BCUT2D eigenvalue weighted by Gasteiger charge is 2.40. The minimum atomic E-state index is -0.480. The SMILES string of the molecule is Cc1ccc(F)cc1-c1noc(C2(N)CCC2)n1. The summed E-state index contributed by atoms with van der Waals surface area (Å²) in [6, 6.07) is 4.52. The molecule has 1 aliphatic carbocycles. The number of halogens is 1. The predicted molar refractivity (Wildman–Crippen MR) is 64.1 cm³/mol. The fraction of sp³-hybridized carbons (Fsp3) is 0.385. The third kappa shape index (κ3) is 1.71. The quantitative estimate of drug-likeness (QED) is 0.885. The summed E-state index contributed by atoms with van der Waals surface area (Å²) in [7, 11) is 0. The van der Waals surface area contributed by atoms with Gasteiger partial charge in [0.1, 0.15) is 5.82 Å². The molecule has 18 heavy (non-hydrogen) atoms. The van der Waals surface area contributed by atoms with Gasteiger partial charge in [0.25, 0.3) is 0 Å². The van der Waals surface area contributed by atoms with Crippen LogP contribution < -0.4 is 5.73 Å². The molecule has 1 saturated carbocycles. The Morgan fingerprint density at radius 1 is 1.39 bits per heavy atom. The van der Waals surface area contributed by atoms with Crippen molar-refractivity contribution in [2.45, 2.75) is 31.7 Å². The van der Waals surface area contributed by atoms with Gasteiger partial charge in [-0.05, 0) is 43.9 Å². The number of hydrogen-bond donors (Lipinski definition) is 1. The first-order chi connectivity index (χ1) is 8.58. The molecule has 0 spiro atoms. The Kier molecular flexibility index (Phi) is 2.45. The van der Waals surface area contributed by atoms with Crippen molar-refractivity contribution in [1.29, 1.82) is 0 Å². The summed E-state index contributed by atoms with van der Waals surface area (Å²) in [4.78, 5) is 4.31. The van der Waals surface area contributed by atoms with Crippen LogP contribution in [0.4, 0.5) is 4.39 Å². The zero-order valence-electron chi connectivity index (χ0n) is 10.1. The van der Waals surface area contributed by atoms with Crippen molar-refractivity contribution in [3.63, 3.8) is 0 Å². The number of hydrogen-bond acceptors (Lipinski definition) is 4. The van der Waals surface area contributed by atoms with Crippen molar-refractivity contribution in [2.75, 3.05) is 0 Å². The summed E-state index contributed by atoms with van der Waals surface area (Å²) < 4.78 is 18.5. The lowest BCUT2D eigenvalue weighted by Crippen LogP contribution is -2.43. The van der Waals surface area contributed by atoms with Crippen LogP contribution in [0.3, 0.4) is 0 Å². The fourth-order valence-electron chi connectivity index (χ4n) is 2.14. The van der Waals surface area contributed by atoms with Crippen LogP contribution in [0.15, 0.2) is 22.7 Å². The van der Waals surface area contributed by atoms with Gasteiger partial charge in [-0.3, -0.25) is 0 Å². The van der Waals surface area contributed by atoms with E-state index in [1.165, 1.54) is 12.1 Å². The standard InChI is InChI=1S/C13H14FN3O/c1-8-3-4-9(14)7-10(8)11-16-12(18-17-11)13(15)5-2-6-13/h3-4,7H,2,5-6,15H2,1H3. The van der Waals surface area contributed by atoms with Crippen LogP contribution in [-0.2, 0) is 5.54 Å². The smallest absolute Gasteiger partial charge is 0.247 e. The molecular formula is C13H14FN3O.